The van der Waals surface area contributed by atoms with Crippen LogP contribution in [0.5, 0.6) is 0 Å². The molecule has 0 aliphatic carbocycles. The fraction of sp³-hybridized carbons (Fsp3) is 0.938. The summed E-state index contributed by atoms with van der Waals surface area (Å²) in [6.07, 6.45) is 3.31. The lowest BCUT2D eigenvalue weighted by Gasteiger charge is -2.16. The van der Waals surface area contributed by atoms with E-state index in [9.17, 15) is 24.0 Å². The maximum Gasteiger partial charge on any atom is 0.335 e. The highest BCUT2D eigenvalue weighted by Gasteiger charge is 2.42. The Balaban J connectivity index is 0.820. The predicted molar refractivity (Wildman–Crippen MR) is 445 cm³/mol. The molecule has 5 amide bonds. The van der Waals surface area contributed by atoms with Crippen LogP contribution in [0.1, 0.15) is 44.9 Å². The Labute approximate surface area is 737 Å². The van der Waals surface area contributed by atoms with E-state index >= 15 is 0 Å². The first kappa shape index (κ1) is 115. The van der Waals surface area contributed by atoms with Gasteiger partial charge >= 0.3 is 12.0 Å². The number of carbonyl (C=O) groups excluding carboxylic acids is 5. The van der Waals surface area contributed by atoms with Crippen LogP contribution in [0.2, 0.25) is 0 Å². The van der Waals surface area contributed by atoms with Crippen LogP contribution < -0.4 is 16.0 Å². The van der Waals surface area contributed by atoms with E-state index in [-0.39, 0.29) is 56.5 Å². The summed E-state index contributed by atoms with van der Waals surface area (Å²) in [4.78, 5) is 63.0. The van der Waals surface area contributed by atoms with Crippen molar-refractivity contribution in [2.24, 2.45) is 0 Å². The SMILES string of the molecule is O=C(CCCC[C@@H]1SC[C@@H]2NC(=O)N[C@@H]21)NCCOCCOCCOCCOCCOCCOCCOCCOCCOCCOCCOCCOCCOCCOCCOCCOCCOCCOCCOCCOCCOCCOCCOCCOCCOCCOCCOCCOCCOCCOCCOCCOCCC(=O)ON1C(=O)CCC1=O. The van der Waals surface area contributed by atoms with Crippen LogP contribution >= 0.6 is 11.8 Å². The van der Waals surface area contributed by atoms with Crippen LogP contribution in [0.25, 0.3) is 0 Å². The summed E-state index contributed by atoms with van der Waals surface area (Å²) < 4.78 is 177. The van der Waals surface area contributed by atoms with Crippen molar-refractivity contribution in [2.75, 3.05) is 435 Å². The summed E-state index contributed by atoms with van der Waals surface area (Å²) in [6, 6.07) is 0.377. The van der Waals surface area contributed by atoms with Crippen molar-refractivity contribution in [3.05, 3.63) is 0 Å². The quantitative estimate of drug-likeness (QED) is 0.0420. The molecule has 3 rings (SSSR count). The van der Waals surface area contributed by atoms with Crippen LogP contribution in [0.15, 0.2) is 0 Å². The molecule has 0 radical (unpaired) electrons. The Kier molecular flexibility index (Phi) is 86.9. The number of nitrogens with one attached hydrogen (secondary N) is 3. The number of ether oxygens (including phenoxy) is 32. The molecule has 0 bridgehead atoms. The lowest BCUT2D eigenvalue weighted by Crippen LogP contribution is -2.36. The van der Waals surface area contributed by atoms with Crippen LogP contribution in [0, 0.1) is 0 Å². The normalized spacial score (nSPS) is 15.2. The number of hydrogen-bond donors (Lipinski definition) is 3. The highest BCUT2D eigenvalue weighted by molar-refractivity contribution is 8.00. The van der Waals surface area contributed by atoms with Crippen LogP contribution in [0.4, 0.5) is 4.79 Å². The van der Waals surface area contributed by atoms with Gasteiger partial charge in [-0.15, -0.1) is 5.06 Å². The molecule has 0 aromatic carbocycles. The van der Waals surface area contributed by atoms with Crippen molar-refractivity contribution in [1.29, 1.82) is 0 Å². The predicted octanol–water partition coefficient (Wildman–Crippen LogP) is 0.357. The molecule has 3 fully saturated rings. The monoisotopic (exact) mass is 1820 g/mol. The maximum absolute atomic E-state index is 12.1. The Morgan fingerprint density at radius 2 is 0.468 bits per heavy atom. The number of carbonyl (C=O) groups is 5. The molecule has 3 heterocycles. The lowest BCUT2D eigenvalue weighted by atomic mass is 10.0. The molecule has 3 atom stereocenters. The largest absolute Gasteiger partial charge is 0.378 e. The van der Waals surface area contributed by atoms with Crippen molar-refractivity contribution >= 4 is 41.5 Å². The van der Waals surface area contributed by atoms with Gasteiger partial charge in [0, 0.05) is 36.8 Å². The fourth-order valence-electron chi connectivity index (χ4n) is 10.5. The minimum absolute atomic E-state index is 0.0344. The highest BCUT2D eigenvalue weighted by atomic mass is 32.2. The Morgan fingerprint density at radius 3 is 0.685 bits per heavy atom. The number of nitrogens with zero attached hydrogens (tertiary/aromatic N) is 1. The Morgan fingerprint density at radius 1 is 0.266 bits per heavy atom. The van der Waals surface area contributed by atoms with Gasteiger partial charge in [0.25, 0.3) is 11.8 Å². The number of unbranched alkanes of at least 4 members (excludes halogenated alkanes) is 1. The molecule has 3 N–H and O–H groups in total. The average molecular weight is 1820 g/mol. The van der Waals surface area contributed by atoms with E-state index in [1.165, 1.54) is 0 Å². The number of urea groups is 1. The van der Waals surface area contributed by atoms with E-state index in [2.05, 4.69) is 16.0 Å². The van der Waals surface area contributed by atoms with E-state index in [1.807, 2.05) is 11.8 Å². The topological polar surface area (TPSA) is 429 Å². The molecule has 0 aromatic heterocycles. The second-order valence-electron chi connectivity index (χ2n) is 26.6. The van der Waals surface area contributed by atoms with Gasteiger partial charge in [-0.05, 0) is 12.8 Å². The van der Waals surface area contributed by atoms with Gasteiger partial charge in [-0.2, -0.15) is 11.8 Å². The third kappa shape index (κ3) is 79.4. The summed E-state index contributed by atoms with van der Waals surface area (Å²) >= 11 is 1.90. The van der Waals surface area contributed by atoms with Crippen LogP contribution in [-0.2, 0) is 176 Å². The van der Waals surface area contributed by atoms with Gasteiger partial charge in [0.2, 0.25) is 5.91 Å². The number of rotatable bonds is 105. The Hall–Kier alpha value is -3.58. The van der Waals surface area contributed by atoms with E-state index in [0.29, 0.717) is 433 Å². The maximum atomic E-state index is 12.1. The first-order valence-corrected chi connectivity index (χ1v) is 45.0. The minimum Gasteiger partial charge on any atom is -0.378 e. The summed E-state index contributed by atoms with van der Waals surface area (Å²) in [7, 11) is 0. The van der Waals surface area contributed by atoms with Crippen molar-refractivity contribution in [3.8, 4) is 0 Å². The van der Waals surface area contributed by atoms with Gasteiger partial charge in [0.05, 0.1) is 441 Å². The molecular formula is C81H152N4O38S. The third-order valence-electron chi connectivity index (χ3n) is 16.8. The molecule has 3 saturated heterocycles. The molecule has 0 spiro atoms. The van der Waals surface area contributed by atoms with Gasteiger partial charge in [0.15, 0.2) is 0 Å². The molecule has 3 aliphatic rings. The Bertz CT molecular complexity index is 2300. The third-order valence-corrected chi connectivity index (χ3v) is 18.3. The zero-order valence-corrected chi connectivity index (χ0v) is 74.5. The van der Waals surface area contributed by atoms with Crippen molar-refractivity contribution < 1.29 is 180 Å². The van der Waals surface area contributed by atoms with E-state index < -0.39 is 17.8 Å². The number of imide groups is 1. The van der Waals surface area contributed by atoms with Crippen molar-refractivity contribution in [2.45, 2.75) is 62.3 Å². The molecule has 730 valence electrons. The number of hydrogen-bond acceptors (Lipinski definition) is 39. The molecule has 0 aromatic rings. The summed E-state index contributed by atoms with van der Waals surface area (Å²) in [5.41, 5.74) is 0. The first-order valence-electron chi connectivity index (χ1n) is 43.9. The van der Waals surface area contributed by atoms with Gasteiger partial charge in [0.1, 0.15) is 0 Å². The van der Waals surface area contributed by atoms with E-state index in [1.54, 1.807) is 0 Å². The van der Waals surface area contributed by atoms with Crippen LogP contribution in [0.3, 0.4) is 0 Å². The van der Waals surface area contributed by atoms with E-state index in [0.717, 1.165) is 25.0 Å². The smallest absolute Gasteiger partial charge is 0.335 e. The molecule has 0 saturated carbocycles. The summed E-state index contributed by atoms with van der Waals surface area (Å²) in [6.45, 7) is 29.3. The average Bonchev–Trinajstić information content (AvgIpc) is 1.66. The van der Waals surface area contributed by atoms with Crippen LogP contribution in [-0.4, -0.2) is 487 Å². The van der Waals surface area contributed by atoms with Gasteiger partial charge in [-0.1, -0.05) is 6.42 Å². The summed E-state index contributed by atoms with van der Waals surface area (Å²) in [5.74, 6) is -0.758. The number of fused-ring (bicyclic) bond motifs is 1. The second-order valence-corrected chi connectivity index (χ2v) is 27.9. The zero-order valence-electron chi connectivity index (χ0n) is 73.7. The van der Waals surface area contributed by atoms with Gasteiger partial charge < -0.3 is 172 Å². The second kappa shape index (κ2) is 94.1. The molecule has 0 unspecified atom stereocenters. The van der Waals surface area contributed by atoms with Crippen molar-refractivity contribution in [1.82, 2.24) is 21.0 Å². The lowest BCUT2D eigenvalue weighted by molar-refractivity contribution is -0.198. The number of hydroxylamine groups is 2. The van der Waals surface area contributed by atoms with Crippen molar-refractivity contribution in [3.63, 3.8) is 0 Å². The molecular weight excluding hydrogens is 1670 g/mol. The zero-order chi connectivity index (χ0) is 88.0. The minimum atomic E-state index is -0.707. The first-order chi connectivity index (χ1) is 61.4. The van der Waals surface area contributed by atoms with Gasteiger partial charge in [-0.3, -0.25) is 14.4 Å². The fourth-order valence-corrected chi connectivity index (χ4v) is 12.0. The molecule has 43 heteroatoms. The number of amides is 5. The summed E-state index contributed by atoms with van der Waals surface area (Å²) in [5, 5.41) is 9.80. The molecule has 124 heavy (non-hydrogen) atoms. The number of thioether (sulfide) groups is 1. The molecule has 42 nitrogen and oxygen atoms in total. The highest BCUT2D eigenvalue weighted by Crippen LogP contribution is 2.33. The van der Waals surface area contributed by atoms with E-state index in [4.69, 9.17) is 156 Å². The molecule has 3 aliphatic heterocycles. The van der Waals surface area contributed by atoms with Gasteiger partial charge in [-0.25, -0.2) is 9.59 Å². The standard InChI is InChI=1S/C81H152N4O38S/c86-76(4-2-1-3-75-80-74(73-124-75)83-81(90)84-80)82-8-10-92-12-14-94-16-18-96-20-22-98-24-26-100-28-30-102-32-34-104-36-38-106-40-42-108-44-46-110-48-50-112-52-54-114-56-58-116-60-62-118-64-66-120-68-70-122-72-71-121-69-67-119-65-63-117-61-59-115-57-55-113-53-51-111-49-47-109-45-43-107-41-39-105-37-35-103-33-31-101-29-27-99-25-23-97-21-19-95-17-15-93-13-11-91-9-7-79(89)123-85-77(87)5-6-78(85)88/h74-75,80H,1-73H2,(H,82,86)(H2,83,84,90)/t74-,75-,80-/m0/s1.